The third kappa shape index (κ3) is 6.18. The topological polar surface area (TPSA) is 84.9 Å². The van der Waals surface area contributed by atoms with E-state index >= 15 is 0 Å². The molecule has 1 saturated carbocycles. The van der Waals surface area contributed by atoms with E-state index in [9.17, 15) is 13.2 Å². The first-order valence-corrected chi connectivity index (χ1v) is 12.9. The van der Waals surface area contributed by atoms with Crippen LogP contribution in [0.4, 0.5) is 5.69 Å². The molecular formula is C20H30N2O5S2. The van der Waals surface area contributed by atoms with E-state index in [1.165, 1.54) is 32.1 Å². The maximum Gasteiger partial charge on any atom is 0.240 e. The minimum absolute atomic E-state index is 0.0910. The summed E-state index contributed by atoms with van der Waals surface area (Å²) >= 11 is 1.90. The molecule has 0 aromatic heterocycles. The number of rotatable bonds is 9. The lowest BCUT2D eigenvalue weighted by Gasteiger charge is -2.26. The molecule has 0 unspecified atom stereocenters. The van der Waals surface area contributed by atoms with E-state index in [0.717, 1.165) is 10.1 Å². The standard InChI is InChI=1S/C20H30N2O5S2/c1-2-29(24,25)22(16-8-9-18-19(14-16)27-12-11-26-18)15-20(23)21-10-13-28-17-6-4-3-5-7-17/h8-9,14,17H,2-7,10-13,15H2,1H3,(H,21,23). The summed E-state index contributed by atoms with van der Waals surface area (Å²) in [5, 5.41) is 3.55. The van der Waals surface area contributed by atoms with Crippen LogP contribution in [-0.4, -0.2) is 57.4 Å². The number of nitrogens with one attached hydrogen (secondary N) is 1. The van der Waals surface area contributed by atoms with Gasteiger partial charge in [-0.3, -0.25) is 9.10 Å². The molecule has 1 heterocycles. The van der Waals surface area contributed by atoms with Crippen LogP contribution in [0.2, 0.25) is 0 Å². The minimum atomic E-state index is -3.61. The number of ether oxygens (including phenoxy) is 2. The molecule has 0 radical (unpaired) electrons. The van der Waals surface area contributed by atoms with Crippen LogP contribution in [0.25, 0.3) is 0 Å². The lowest BCUT2D eigenvalue weighted by Crippen LogP contribution is -2.42. The molecule has 2 aliphatic rings. The summed E-state index contributed by atoms with van der Waals surface area (Å²) in [4.78, 5) is 12.4. The first-order valence-electron chi connectivity index (χ1n) is 10.3. The maximum atomic E-state index is 12.6. The number of fused-ring (bicyclic) bond motifs is 1. The van der Waals surface area contributed by atoms with Crippen molar-refractivity contribution < 1.29 is 22.7 Å². The molecule has 29 heavy (non-hydrogen) atoms. The zero-order chi connectivity index (χ0) is 20.7. The van der Waals surface area contributed by atoms with E-state index in [-0.39, 0.29) is 18.2 Å². The fourth-order valence-electron chi connectivity index (χ4n) is 3.53. The van der Waals surface area contributed by atoms with Crippen LogP contribution in [-0.2, 0) is 14.8 Å². The largest absolute Gasteiger partial charge is 0.486 e. The lowest BCUT2D eigenvalue weighted by atomic mass is 10.0. The second kappa shape index (κ2) is 10.4. The second-order valence-corrected chi connectivity index (χ2v) is 10.8. The molecule has 0 bridgehead atoms. The zero-order valence-electron chi connectivity index (χ0n) is 16.9. The van der Waals surface area contributed by atoms with Crippen LogP contribution in [0, 0.1) is 0 Å². The number of thioether (sulfide) groups is 1. The highest BCUT2D eigenvalue weighted by molar-refractivity contribution is 7.99. The van der Waals surface area contributed by atoms with Crippen molar-refractivity contribution in [3.63, 3.8) is 0 Å². The van der Waals surface area contributed by atoms with Crippen molar-refractivity contribution in [2.45, 2.75) is 44.3 Å². The number of sulfonamides is 1. The second-order valence-electron chi connectivity index (χ2n) is 7.22. The first kappa shape index (κ1) is 22.1. The summed E-state index contributed by atoms with van der Waals surface area (Å²) < 4.78 is 37.4. The molecule has 1 aromatic rings. The summed E-state index contributed by atoms with van der Waals surface area (Å²) in [7, 11) is -3.61. The predicted molar refractivity (Wildman–Crippen MR) is 117 cm³/mol. The molecule has 1 N–H and O–H groups in total. The number of anilines is 1. The van der Waals surface area contributed by atoms with Gasteiger partial charge < -0.3 is 14.8 Å². The van der Waals surface area contributed by atoms with E-state index in [1.807, 2.05) is 11.8 Å². The highest BCUT2D eigenvalue weighted by Crippen LogP contribution is 2.34. The number of nitrogens with zero attached hydrogens (tertiary/aromatic N) is 1. The molecule has 0 saturated heterocycles. The van der Waals surface area contributed by atoms with Gasteiger partial charge in [-0.15, -0.1) is 0 Å². The predicted octanol–water partition coefficient (Wildman–Crippen LogP) is 2.80. The van der Waals surface area contributed by atoms with Gasteiger partial charge in [-0.2, -0.15) is 11.8 Å². The van der Waals surface area contributed by atoms with Crippen LogP contribution in [0.1, 0.15) is 39.0 Å². The Hall–Kier alpha value is -1.61. The molecule has 1 aliphatic carbocycles. The van der Waals surface area contributed by atoms with Gasteiger partial charge in [-0.25, -0.2) is 8.42 Å². The van der Waals surface area contributed by atoms with E-state index in [2.05, 4.69) is 5.32 Å². The number of hydrogen-bond donors (Lipinski definition) is 1. The van der Waals surface area contributed by atoms with Crippen LogP contribution in [0.5, 0.6) is 11.5 Å². The summed E-state index contributed by atoms with van der Waals surface area (Å²) in [6.07, 6.45) is 6.43. The van der Waals surface area contributed by atoms with Crippen LogP contribution >= 0.6 is 11.8 Å². The van der Waals surface area contributed by atoms with Crippen LogP contribution in [0.3, 0.4) is 0 Å². The Bertz CT molecular complexity index is 794. The van der Waals surface area contributed by atoms with Crippen molar-refractivity contribution in [1.82, 2.24) is 5.32 Å². The third-order valence-electron chi connectivity index (χ3n) is 5.13. The Morgan fingerprint density at radius 3 is 2.62 bits per heavy atom. The Balaban J connectivity index is 1.58. The highest BCUT2D eigenvalue weighted by atomic mass is 32.2. The average molecular weight is 443 g/mol. The van der Waals surface area contributed by atoms with E-state index in [0.29, 0.717) is 42.2 Å². The van der Waals surface area contributed by atoms with E-state index < -0.39 is 10.0 Å². The quantitative estimate of drug-likeness (QED) is 0.592. The number of amides is 1. The van der Waals surface area contributed by atoms with Crippen molar-refractivity contribution in [2.24, 2.45) is 0 Å². The molecule has 9 heteroatoms. The van der Waals surface area contributed by atoms with Crippen molar-refractivity contribution in [1.29, 1.82) is 0 Å². The summed E-state index contributed by atoms with van der Waals surface area (Å²) in [5.41, 5.74) is 0.405. The van der Waals surface area contributed by atoms with Gasteiger partial charge in [0, 0.05) is 23.6 Å². The van der Waals surface area contributed by atoms with Gasteiger partial charge in [-0.1, -0.05) is 19.3 Å². The molecule has 1 amide bonds. The van der Waals surface area contributed by atoms with Crippen molar-refractivity contribution in [3.05, 3.63) is 18.2 Å². The fraction of sp³-hybridized carbons (Fsp3) is 0.650. The fourth-order valence-corrected chi connectivity index (χ4v) is 5.81. The summed E-state index contributed by atoms with van der Waals surface area (Å²) in [6.45, 7) is 2.74. The highest BCUT2D eigenvalue weighted by Gasteiger charge is 2.25. The molecule has 3 rings (SSSR count). The number of carbonyl (C=O) groups excluding carboxylic acids is 1. The lowest BCUT2D eigenvalue weighted by molar-refractivity contribution is -0.119. The van der Waals surface area contributed by atoms with Gasteiger partial charge in [-0.05, 0) is 31.9 Å². The number of hydrogen-bond acceptors (Lipinski definition) is 6. The molecule has 1 fully saturated rings. The first-order chi connectivity index (χ1) is 14.0. The molecular weight excluding hydrogens is 412 g/mol. The van der Waals surface area contributed by atoms with E-state index in [1.54, 1.807) is 25.1 Å². The van der Waals surface area contributed by atoms with Gasteiger partial charge in [0.2, 0.25) is 15.9 Å². The monoisotopic (exact) mass is 442 g/mol. The molecule has 162 valence electrons. The normalized spacial score (nSPS) is 17.0. The van der Waals surface area contributed by atoms with Crippen molar-refractivity contribution >= 4 is 33.4 Å². The molecule has 0 atom stereocenters. The van der Waals surface area contributed by atoms with E-state index in [4.69, 9.17) is 9.47 Å². The molecule has 7 nitrogen and oxygen atoms in total. The van der Waals surface area contributed by atoms with Crippen LogP contribution < -0.4 is 19.1 Å². The zero-order valence-corrected chi connectivity index (χ0v) is 18.5. The molecule has 1 aliphatic heterocycles. The number of benzene rings is 1. The smallest absolute Gasteiger partial charge is 0.240 e. The summed E-state index contributed by atoms with van der Waals surface area (Å²) in [5.74, 6) is 1.53. The SMILES string of the molecule is CCS(=O)(=O)N(CC(=O)NCCSC1CCCCC1)c1ccc2c(c1)OCCO2. The maximum absolute atomic E-state index is 12.6. The van der Waals surface area contributed by atoms with Gasteiger partial charge in [0.15, 0.2) is 11.5 Å². The van der Waals surface area contributed by atoms with Gasteiger partial charge in [0.1, 0.15) is 19.8 Å². The van der Waals surface area contributed by atoms with Crippen LogP contribution in [0.15, 0.2) is 18.2 Å². The van der Waals surface area contributed by atoms with Crippen molar-refractivity contribution in [3.8, 4) is 11.5 Å². The average Bonchev–Trinajstić information content (AvgIpc) is 2.75. The summed E-state index contributed by atoms with van der Waals surface area (Å²) in [6, 6.07) is 4.95. The Labute approximate surface area is 177 Å². The van der Waals surface area contributed by atoms with Gasteiger partial charge in [0.25, 0.3) is 0 Å². The van der Waals surface area contributed by atoms with Gasteiger partial charge in [0.05, 0.1) is 11.4 Å². The third-order valence-corrected chi connectivity index (χ3v) is 8.26. The van der Waals surface area contributed by atoms with Gasteiger partial charge >= 0.3 is 0 Å². The Morgan fingerprint density at radius 1 is 1.17 bits per heavy atom. The minimum Gasteiger partial charge on any atom is -0.486 e. The molecule has 1 aromatic carbocycles. The molecule has 0 spiro atoms. The Morgan fingerprint density at radius 2 is 1.90 bits per heavy atom. The Kier molecular flexibility index (Phi) is 7.94. The number of carbonyl (C=O) groups is 1. The van der Waals surface area contributed by atoms with Crippen molar-refractivity contribution in [2.75, 3.05) is 42.1 Å².